The van der Waals surface area contributed by atoms with Gasteiger partial charge < -0.3 is 10.2 Å². The van der Waals surface area contributed by atoms with Crippen LogP contribution in [0.3, 0.4) is 0 Å². The molecule has 7 nitrogen and oxygen atoms in total. The van der Waals surface area contributed by atoms with Gasteiger partial charge >= 0.3 is 0 Å². The summed E-state index contributed by atoms with van der Waals surface area (Å²) in [6, 6.07) is 10.1. The third-order valence-electron chi connectivity index (χ3n) is 6.53. The number of carbonyl (C=O) groups is 1. The second-order valence-corrected chi connectivity index (χ2v) is 11.0. The van der Waals surface area contributed by atoms with Gasteiger partial charge in [-0.05, 0) is 31.9 Å². The Morgan fingerprint density at radius 3 is 2.32 bits per heavy atom. The van der Waals surface area contributed by atoms with E-state index in [1.165, 1.54) is 0 Å². The lowest BCUT2D eigenvalue weighted by molar-refractivity contribution is -0.127. The zero-order chi connectivity index (χ0) is 22.3. The van der Waals surface area contributed by atoms with Crippen LogP contribution in [0.15, 0.2) is 30.3 Å². The van der Waals surface area contributed by atoms with Gasteiger partial charge in [-0.15, -0.1) is 0 Å². The maximum absolute atomic E-state index is 13.1. The predicted molar refractivity (Wildman–Crippen MR) is 124 cm³/mol. The van der Waals surface area contributed by atoms with Gasteiger partial charge in [0.1, 0.15) is 0 Å². The van der Waals surface area contributed by atoms with Crippen molar-refractivity contribution in [3.63, 3.8) is 0 Å². The predicted octanol–water partition coefficient (Wildman–Crippen LogP) is 1.93. The Morgan fingerprint density at radius 2 is 1.71 bits per heavy atom. The highest BCUT2D eigenvalue weighted by molar-refractivity contribution is 7.89. The highest BCUT2D eigenvalue weighted by atomic mass is 32.2. The lowest BCUT2D eigenvalue weighted by atomic mass is 9.96. The normalized spacial score (nSPS) is 21.1. The first-order chi connectivity index (χ1) is 14.9. The van der Waals surface area contributed by atoms with Crippen LogP contribution in [0.4, 0.5) is 0 Å². The first-order valence-electron chi connectivity index (χ1n) is 11.6. The first kappa shape index (κ1) is 24.2. The minimum Gasteiger partial charge on any atom is -0.348 e. The van der Waals surface area contributed by atoms with Crippen molar-refractivity contribution in [2.45, 2.75) is 38.6 Å². The molecule has 0 saturated carbocycles. The van der Waals surface area contributed by atoms with Crippen molar-refractivity contribution >= 4 is 15.9 Å². The summed E-state index contributed by atoms with van der Waals surface area (Å²) in [5, 5.41) is 3.29. The van der Waals surface area contributed by atoms with Crippen LogP contribution in [0.2, 0.25) is 0 Å². The molecule has 2 saturated heterocycles. The molecule has 0 bridgehead atoms. The molecule has 1 N–H and O–H groups in total. The van der Waals surface area contributed by atoms with E-state index in [4.69, 9.17) is 0 Å². The van der Waals surface area contributed by atoms with Crippen LogP contribution in [-0.4, -0.2) is 87.0 Å². The molecule has 0 radical (unpaired) electrons. The highest BCUT2D eigenvalue weighted by Crippen LogP contribution is 2.23. The summed E-state index contributed by atoms with van der Waals surface area (Å²) >= 11 is 0. The molecule has 2 fully saturated rings. The summed E-state index contributed by atoms with van der Waals surface area (Å²) in [5.41, 5.74) is 1.12. The summed E-state index contributed by atoms with van der Waals surface area (Å²) in [7, 11) is -1.05. The van der Waals surface area contributed by atoms with Crippen LogP contribution >= 0.6 is 0 Å². The second-order valence-electron chi connectivity index (χ2n) is 8.92. The van der Waals surface area contributed by atoms with Gasteiger partial charge in [-0.25, -0.2) is 12.7 Å². The molecule has 1 atom stereocenters. The molecule has 0 spiro atoms. The van der Waals surface area contributed by atoms with Crippen molar-refractivity contribution in [3.8, 4) is 0 Å². The fourth-order valence-corrected chi connectivity index (χ4v) is 6.03. The van der Waals surface area contributed by atoms with E-state index in [0.29, 0.717) is 32.4 Å². The summed E-state index contributed by atoms with van der Waals surface area (Å²) in [6.45, 7) is 7.77. The number of carbonyl (C=O) groups excluding carboxylic acids is 1. The van der Waals surface area contributed by atoms with Crippen molar-refractivity contribution in [2.75, 3.05) is 58.6 Å². The Labute approximate surface area is 187 Å². The van der Waals surface area contributed by atoms with Gasteiger partial charge in [0.05, 0.1) is 11.8 Å². The molecule has 174 valence electrons. The third-order valence-corrected chi connectivity index (χ3v) is 8.49. The van der Waals surface area contributed by atoms with Crippen molar-refractivity contribution in [1.82, 2.24) is 19.4 Å². The molecule has 2 aliphatic heterocycles. The molecule has 1 aromatic carbocycles. The lowest BCUT2D eigenvalue weighted by Gasteiger charge is -2.36. The molecular weight excluding hydrogens is 412 g/mol. The zero-order valence-electron chi connectivity index (χ0n) is 19.0. The summed E-state index contributed by atoms with van der Waals surface area (Å²) in [4.78, 5) is 17.8. The molecule has 8 heteroatoms. The topological polar surface area (TPSA) is 73.0 Å². The molecule has 2 aliphatic rings. The van der Waals surface area contributed by atoms with E-state index in [9.17, 15) is 13.2 Å². The quantitative estimate of drug-likeness (QED) is 0.622. The Bertz CT molecular complexity index is 786. The molecule has 1 unspecified atom stereocenters. The van der Waals surface area contributed by atoms with Gasteiger partial charge in [0.25, 0.3) is 0 Å². The molecular formula is C23H38N4O3S. The minimum absolute atomic E-state index is 0.0496. The minimum atomic E-state index is -3.19. The number of piperazine rings is 1. The van der Waals surface area contributed by atoms with Gasteiger partial charge in [-0.2, -0.15) is 0 Å². The Hall–Kier alpha value is -1.48. The maximum Gasteiger partial charge on any atom is 0.223 e. The van der Waals surface area contributed by atoms with Crippen LogP contribution in [0.1, 0.15) is 44.2 Å². The molecule has 0 aromatic heterocycles. The van der Waals surface area contributed by atoms with Crippen LogP contribution in [-0.2, 0) is 14.8 Å². The molecule has 31 heavy (non-hydrogen) atoms. The lowest BCUT2D eigenvalue weighted by Crippen LogP contribution is -2.49. The van der Waals surface area contributed by atoms with E-state index in [1.54, 1.807) is 4.31 Å². The average Bonchev–Trinajstić information content (AvgIpc) is 2.79. The van der Waals surface area contributed by atoms with Gasteiger partial charge in [-0.1, -0.05) is 43.7 Å². The van der Waals surface area contributed by atoms with Gasteiger partial charge in [0.2, 0.25) is 15.9 Å². The molecule has 3 rings (SSSR count). The van der Waals surface area contributed by atoms with Gasteiger partial charge in [0.15, 0.2) is 0 Å². The van der Waals surface area contributed by atoms with Crippen molar-refractivity contribution < 1.29 is 13.2 Å². The Kier molecular flexibility index (Phi) is 8.89. The number of sulfonamides is 1. The number of likely N-dealkylation sites (N-methyl/N-ethyl adjacent to an activating group) is 1. The number of piperidine rings is 1. The second kappa shape index (κ2) is 11.4. The molecule has 1 amide bonds. The van der Waals surface area contributed by atoms with Crippen molar-refractivity contribution in [3.05, 3.63) is 35.9 Å². The van der Waals surface area contributed by atoms with E-state index in [2.05, 4.69) is 34.3 Å². The SMILES string of the molecule is CCCCS(=O)(=O)N1CCC(C(=O)NC(CN2CCN(C)CC2)c2ccccc2)CC1. The van der Waals surface area contributed by atoms with E-state index >= 15 is 0 Å². The number of hydrogen-bond acceptors (Lipinski definition) is 5. The maximum atomic E-state index is 13.1. The number of nitrogens with zero attached hydrogens (tertiary/aromatic N) is 3. The summed E-state index contributed by atoms with van der Waals surface area (Å²) in [6.07, 6.45) is 2.74. The highest BCUT2D eigenvalue weighted by Gasteiger charge is 2.32. The molecule has 2 heterocycles. The zero-order valence-corrected chi connectivity index (χ0v) is 19.8. The number of nitrogens with one attached hydrogen (secondary N) is 1. The van der Waals surface area contributed by atoms with Crippen molar-refractivity contribution in [2.24, 2.45) is 5.92 Å². The standard InChI is InChI=1S/C23H38N4O3S/c1-3-4-18-31(29,30)27-12-10-21(11-13-27)23(28)24-22(20-8-6-5-7-9-20)19-26-16-14-25(2)15-17-26/h5-9,21-22H,3-4,10-19H2,1-2H3,(H,24,28). The fraction of sp³-hybridized carbons (Fsp3) is 0.696. The van der Waals surface area contributed by atoms with E-state index in [0.717, 1.165) is 44.7 Å². The smallest absolute Gasteiger partial charge is 0.223 e. The number of unbranched alkanes of at least 4 members (excludes halogenated alkanes) is 1. The van der Waals surface area contributed by atoms with Crippen molar-refractivity contribution in [1.29, 1.82) is 0 Å². The summed E-state index contributed by atoms with van der Waals surface area (Å²) < 4.78 is 26.5. The number of hydrogen-bond donors (Lipinski definition) is 1. The number of amides is 1. The third kappa shape index (κ3) is 7.00. The van der Waals surface area contributed by atoms with Crippen LogP contribution in [0.25, 0.3) is 0 Å². The molecule has 0 aliphatic carbocycles. The number of rotatable bonds is 9. The van der Waals surface area contributed by atoms with E-state index < -0.39 is 10.0 Å². The van der Waals surface area contributed by atoms with Crippen LogP contribution in [0.5, 0.6) is 0 Å². The van der Waals surface area contributed by atoms with E-state index in [-0.39, 0.29) is 23.6 Å². The average molecular weight is 451 g/mol. The Balaban J connectivity index is 1.58. The van der Waals surface area contributed by atoms with Crippen LogP contribution < -0.4 is 5.32 Å². The van der Waals surface area contributed by atoms with Crippen LogP contribution in [0, 0.1) is 5.92 Å². The monoisotopic (exact) mass is 450 g/mol. The first-order valence-corrected chi connectivity index (χ1v) is 13.2. The van der Waals surface area contributed by atoms with Gasteiger partial charge in [-0.3, -0.25) is 9.69 Å². The molecule has 1 aromatic rings. The number of benzene rings is 1. The van der Waals surface area contributed by atoms with E-state index in [1.807, 2.05) is 25.1 Å². The fourth-order valence-electron chi connectivity index (χ4n) is 4.35. The van der Waals surface area contributed by atoms with Gasteiger partial charge in [0, 0.05) is 51.7 Å². The Morgan fingerprint density at radius 1 is 1.06 bits per heavy atom. The summed E-state index contributed by atoms with van der Waals surface area (Å²) in [5.74, 6) is 0.131. The largest absolute Gasteiger partial charge is 0.348 e.